The molecular formula is C16H23N3O4. The molecule has 7 heteroatoms. The number of carbonyl (C=O) groups is 2. The van der Waals surface area contributed by atoms with Crippen LogP contribution in [-0.4, -0.2) is 50.6 Å². The highest BCUT2D eigenvalue weighted by Crippen LogP contribution is 2.28. The van der Waals surface area contributed by atoms with Crippen LogP contribution in [0, 0.1) is 5.92 Å². The average molecular weight is 321 g/mol. The van der Waals surface area contributed by atoms with E-state index in [0.717, 1.165) is 19.4 Å². The third-order valence-electron chi connectivity index (χ3n) is 3.96. The van der Waals surface area contributed by atoms with Crippen molar-refractivity contribution in [1.29, 1.82) is 0 Å². The van der Waals surface area contributed by atoms with Crippen LogP contribution in [0.5, 0.6) is 11.5 Å². The van der Waals surface area contributed by atoms with Crippen molar-refractivity contribution >= 4 is 17.5 Å². The standard InChI is InChI=1S/C16H23N3O4/c1-22-12-5-6-14(23-2)13(8-12)18-15(20)10-19-7-3-4-11(9-19)16(17)21/h5-6,8,11H,3-4,7,9-10H2,1-2H3,(H2,17,21)(H,18,20)/t11-/m1/s1. The summed E-state index contributed by atoms with van der Waals surface area (Å²) in [6, 6.07) is 5.20. The number of hydrogen-bond acceptors (Lipinski definition) is 5. The molecule has 0 unspecified atom stereocenters. The van der Waals surface area contributed by atoms with Crippen molar-refractivity contribution in [2.45, 2.75) is 12.8 Å². The summed E-state index contributed by atoms with van der Waals surface area (Å²) in [5.41, 5.74) is 5.91. The fraction of sp³-hybridized carbons (Fsp3) is 0.500. The predicted molar refractivity (Wildman–Crippen MR) is 86.5 cm³/mol. The second-order valence-electron chi connectivity index (χ2n) is 5.59. The van der Waals surface area contributed by atoms with E-state index in [1.807, 2.05) is 4.90 Å². The number of primary amides is 1. The zero-order chi connectivity index (χ0) is 16.8. The highest BCUT2D eigenvalue weighted by atomic mass is 16.5. The van der Waals surface area contributed by atoms with Crippen molar-refractivity contribution in [3.05, 3.63) is 18.2 Å². The van der Waals surface area contributed by atoms with Gasteiger partial charge in [-0.25, -0.2) is 0 Å². The number of likely N-dealkylation sites (tertiary alicyclic amines) is 1. The molecule has 1 aromatic carbocycles. The van der Waals surface area contributed by atoms with Gasteiger partial charge in [0.05, 0.1) is 32.4 Å². The lowest BCUT2D eigenvalue weighted by Gasteiger charge is -2.30. The van der Waals surface area contributed by atoms with Crippen molar-refractivity contribution in [1.82, 2.24) is 4.90 Å². The summed E-state index contributed by atoms with van der Waals surface area (Å²) in [4.78, 5) is 25.5. The number of rotatable bonds is 6. The second-order valence-corrected chi connectivity index (χ2v) is 5.59. The number of amides is 2. The maximum Gasteiger partial charge on any atom is 0.238 e. The molecule has 0 aliphatic carbocycles. The number of nitrogens with two attached hydrogens (primary N) is 1. The van der Waals surface area contributed by atoms with E-state index in [1.165, 1.54) is 0 Å². The van der Waals surface area contributed by atoms with Gasteiger partial charge in [0.25, 0.3) is 0 Å². The monoisotopic (exact) mass is 321 g/mol. The Bertz CT molecular complexity index is 576. The number of carbonyl (C=O) groups excluding carboxylic acids is 2. The van der Waals surface area contributed by atoms with Gasteiger partial charge < -0.3 is 20.5 Å². The van der Waals surface area contributed by atoms with E-state index in [2.05, 4.69) is 5.32 Å². The van der Waals surface area contributed by atoms with Gasteiger partial charge >= 0.3 is 0 Å². The second kappa shape index (κ2) is 7.82. The third-order valence-corrected chi connectivity index (χ3v) is 3.96. The number of piperidine rings is 1. The third kappa shape index (κ3) is 4.59. The highest BCUT2D eigenvalue weighted by Gasteiger charge is 2.25. The van der Waals surface area contributed by atoms with Crippen LogP contribution in [0.15, 0.2) is 18.2 Å². The molecule has 1 aromatic rings. The molecule has 23 heavy (non-hydrogen) atoms. The van der Waals surface area contributed by atoms with E-state index < -0.39 is 0 Å². The van der Waals surface area contributed by atoms with E-state index in [1.54, 1.807) is 32.4 Å². The number of anilines is 1. The van der Waals surface area contributed by atoms with E-state index in [9.17, 15) is 9.59 Å². The SMILES string of the molecule is COc1ccc(OC)c(NC(=O)CN2CCC[C@@H](C(N)=O)C2)c1. The number of ether oxygens (including phenoxy) is 2. The molecule has 0 aromatic heterocycles. The van der Waals surface area contributed by atoms with Gasteiger partial charge in [-0.15, -0.1) is 0 Å². The molecule has 1 heterocycles. The molecular weight excluding hydrogens is 298 g/mol. The Hall–Kier alpha value is -2.28. The van der Waals surface area contributed by atoms with Crippen LogP contribution in [0.25, 0.3) is 0 Å². The number of benzene rings is 1. The summed E-state index contributed by atoms with van der Waals surface area (Å²) in [7, 11) is 3.10. The van der Waals surface area contributed by atoms with Crippen LogP contribution in [0.4, 0.5) is 5.69 Å². The lowest BCUT2D eigenvalue weighted by Crippen LogP contribution is -2.44. The van der Waals surface area contributed by atoms with Crippen LogP contribution in [0.2, 0.25) is 0 Å². The maximum absolute atomic E-state index is 12.3. The first-order chi connectivity index (χ1) is 11.0. The first kappa shape index (κ1) is 17.1. The Kier molecular flexibility index (Phi) is 5.81. The van der Waals surface area contributed by atoms with Gasteiger partial charge in [0.15, 0.2) is 0 Å². The number of hydrogen-bond donors (Lipinski definition) is 2. The minimum absolute atomic E-state index is 0.165. The van der Waals surface area contributed by atoms with E-state index >= 15 is 0 Å². The van der Waals surface area contributed by atoms with Gasteiger partial charge in [0, 0.05) is 12.6 Å². The van der Waals surface area contributed by atoms with Gasteiger partial charge in [-0.3, -0.25) is 14.5 Å². The Morgan fingerprint density at radius 3 is 2.78 bits per heavy atom. The topological polar surface area (TPSA) is 93.9 Å². The van der Waals surface area contributed by atoms with Gasteiger partial charge in [-0.2, -0.15) is 0 Å². The molecule has 0 saturated carbocycles. The summed E-state index contributed by atoms with van der Waals surface area (Å²) in [6.07, 6.45) is 1.65. The molecule has 1 aliphatic rings. The van der Waals surface area contributed by atoms with Crippen LogP contribution < -0.4 is 20.5 Å². The van der Waals surface area contributed by atoms with E-state index in [-0.39, 0.29) is 24.3 Å². The minimum Gasteiger partial charge on any atom is -0.497 e. The molecule has 1 atom stereocenters. The summed E-state index contributed by atoms with van der Waals surface area (Å²) in [5, 5.41) is 2.83. The van der Waals surface area contributed by atoms with Crippen molar-refractivity contribution in [3.8, 4) is 11.5 Å². The molecule has 0 radical (unpaired) electrons. The van der Waals surface area contributed by atoms with Crippen molar-refractivity contribution < 1.29 is 19.1 Å². The Morgan fingerprint density at radius 1 is 1.35 bits per heavy atom. The van der Waals surface area contributed by atoms with Crippen LogP contribution in [0.3, 0.4) is 0 Å². The molecule has 1 fully saturated rings. The first-order valence-corrected chi connectivity index (χ1v) is 7.57. The van der Waals surface area contributed by atoms with Crippen LogP contribution in [-0.2, 0) is 9.59 Å². The molecule has 2 amide bonds. The van der Waals surface area contributed by atoms with Gasteiger partial charge in [-0.05, 0) is 31.5 Å². The molecule has 7 nitrogen and oxygen atoms in total. The van der Waals surface area contributed by atoms with Crippen LogP contribution >= 0.6 is 0 Å². The summed E-state index contributed by atoms with van der Waals surface area (Å²) in [6.45, 7) is 1.52. The minimum atomic E-state index is -0.301. The Morgan fingerprint density at radius 2 is 2.13 bits per heavy atom. The molecule has 1 saturated heterocycles. The van der Waals surface area contributed by atoms with Gasteiger partial charge in [-0.1, -0.05) is 0 Å². The number of methoxy groups -OCH3 is 2. The fourth-order valence-corrected chi connectivity index (χ4v) is 2.74. The van der Waals surface area contributed by atoms with Crippen molar-refractivity contribution in [3.63, 3.8) is 0 Å². The summed E-state index contributed by atoms with van der Waals surface area (Å²) >= 11 is 0. The molecule has 0 spiro atoms. The largest absolute Gasteiger partial charge is 0.497 e. The van der Waals surface area contributed by atoms with E-state index in [0.29, 0.717) is 23.7 Å². The lowest BCUT2D eigenvalue weighted by atomic mass is 9.97. The normalized spacial score (nSPS) is 18.3. The van der Waals surface area contributed by atoms with Crippen LogP contribution in [0.1, 0.15) is 12.8 Å². The Labute approximate surface area is 135 Å². The Balaban J connectivity index is 1.98. The summed E-state index contributed by atoms with van der Waals surface area (Å²) < 4.78 is 10.4. The molecule has 0 bridgehead atoms. The highest BCUT2D eigenvalue weighted by molar-refractivity contribution is 5.94. The van der Waals surface area contributed by atoms with Gasteiger partial charge in [0.2, 0.25) is 11.8 Å². The van der Waals surface area contributed by atoms with Crippen molar-refractivity contribution in [2.75, 3.05) is 39.2 Å². The summed E-state index contributed by atoms with van der Waals surface area (Å²) in [5.74, 6) is 0.551. The van der Waals surface area contributed by atoms with Crippen molar-refractivity contribution in [2.24, 2.45) is 11.7 Å². The van der Waals surface area contributed by atoms with E-state index in [4.69, 9.17) is 15.2 Å². The zero-order valence-electron chi connectivity index (χ0n) is 13.5. The maximum atomic E-state index is 12.3. The molecule has 2 rings (SSSR count). The zero-order valence-corrected chi connectivity index (χ0v) is 13.5. The number of nitrogens with one attached hydrogen (secondary N) is 1. The molecule has 3 N–H and O–H groups in total. The smallest absolute Gasteiger partial charge is 0.238 e. The number of nitrogens with zero attached hydrogens (tertiary/aromatic N) is 1. The molecule has 126 valence electrons. The lowest BCUT2D eigenvalue weighted by molar-refractivity contribution is -0.125. The van der Waals surface area contributed by atoms with Gasteiger partial charge in [0.1, 0.15) is 11.5 Å². The predicted octanol–water partition coefficient (Wildman–Crippen LogP) is 0.840. The fourth-order valence-electron chi connectivity index (χ4n) is 2.74. The average Bonchev–Trinajstić information content (AvgIpc) is 2.54. The quantitative estimate of drug-likeness (QED) is 0.810. The first-order valence-electron chi connectivity index (χ1n) is 7.57. The molecule has 1 aliphatic heterocycles.